The maximum absolute atomic E-state index is 10.5. The zero-order valence-corrected chi connectivity index (χ0v) is 9.40. The fourth-order valence-electron chi connectivity index (χ4n) is 1.05. The first-order valence-corrected chi connectivity index (χ1v) is 5.88. The largest absolute Gasteiger partial charge is 0.298 e. The second-order valence-corrected chi connectivity index (χ2v) is 5.32. The predicted molar refractivity (Wildman–Crippen MR) is 58.4 cm³/mol. The molecule has 1 aliphatic carbocycles. The lowest BCUT2D eigenvalue weighted by atomic mass is 10.2. The van der Waals surface area contributed by atoms with Gasteiger partial charge in [0.2, 0.25) is 0 Å². The predicted octanol–water partition coefficient (Wildman–Crippen LogP) is 3.52. The summed E-state index contributed by atoms with van der Waals surface area (Å²) in [4.78, 5) is 11.7. The molecule has 0 aliphatic heterocycles. The van der Waals surface area contributed by atoms with Crippen LogP contribution in [0.3, 0.4) is 0 Å². The van der Waals surface area contributed by atoms with E-state index >= 15 is 0 Å². The third-order valence-electron chi connectivity index (χ3n) is 1.91. The molecule has 2 rings (SSSR count). The van der Waals surface area contributed by atoms with Crippen molar-refractivity contribution in [3.05, 3.63) is 28.2 Å². The van der Waals surface area contributed by atoms with Gasteiger partial charge in [0.25, 0.3) is 0 Å². The van der Waals surface area contributed by atoms with Gasteiger partial charge in [-0.05, 0) is 40.9 Å². The first-order chi connectivity index (χ1) is 6.29. The van der Waals surface area contributed by atoms with Crippen molar-refractivity contribution >= 4 is 34.0 Å². The quantitative estimate of drug-likeness (QED) is 0.771. The van der Waals surface area contributed by atoms with E-state index < -0.39 is 0 Å². The molecule has 0 N–H and O–H groups in total. The van der Waals surface area contributed by atoms with Crippen molar-refractivity contribution in [1.29, 1.82) is 0 Å². The fraction of sp³-hybridized carbons (Fsp3) is 0.300. The van der Waals surface area contributed by atoms with Gasteiger partial charge in [-0.3, -0.25) is 4.79 Å². The molecule has 0 unspecified atom stereocenters. The highest BCUT2D eigenvalue weighted by Crippen LogP contribution is 2.41. The zero-order valence-electron chi connectivity index (χ0n) is 7.00. The molecule has 1 nitrogen and oxygen atoms in total. The van der Waals surface area contributed by atoms with Gasteiger partial charge < -0.3 is 0 Å². The maximum Gasteiger partial charge on any atom is 0.150 e. The van der Waals surface area contributed by atoms with E-state index in [-0.39, 0.29) is 0 Å². The molecule has 0 bridgehead atoms. The van der Waals surface area contributed by atoms with E-state index in [0.29, 0.717) is 0 Å². The highest BCUT2D eigenvalue weighted by Gasteiger charge is 2.23. The summed E-state index contributed by atoms with van der Waals surface area (Å²) < 4.78 is 1.04. The Labute approximate surface area is 90.0 Å². The average molecular weight is 257 g/mol. The number of halogens is 1. The third kappa shape index (κ3) is 2.35. The molecule has 13 heavy (non-hydrogen) atoms. The molecule has 1 aliphatic rings. The van der Waals surface area contributed by atoms with Crippen LogP contribution < -0.4 is 0 Å². The van der Waals surface area contributed by atoms with E-state index in [2.05, 4.69) is 15.9 Å². The smallest absolute Gasteiger partial charge is 0.150 e. The molecule has 0 saturated heterocycles. The molecule has 0 spiro atoms. The van der Waals surface area contributed by atoms with Crippen molar-refractivity contribution in [1.82, 2.24) is 0 Å². The molecule has 0 radical (unpaired) electrons. The van der Waals surface area contributed by atoms with Crippen molar-refractivity contribution in [3.8, 4) is 0 Å². The number of thioether (sulfide) groups is 1. The molecule has 3 heteroatoms. The van der Waals surface area contributed by atoms with Gasteiger partial charge in [-0.1, -0.05) is 6.07 Å². The molecule has 68 valence electrons. The fourth-order valence-corrected chi connectivity index (χ4v) is 2.78. The third-order valence-corrected chi connectivity index (χ3v) is 4.24. The van der Waals surface area contributed by atoms with Gasteiger partial charge in [0.15, 0.2) is 0 Å². The molecule has 0 atom stereocenters. The van der Waals surface area contributed by atoms with Gasteiger partial charge in [-0.2, -0.15) is 0 Å². The second kappa shape index (κ2) is 3.84. The Morgan fingerprint density at radius 3 is 2.77 bits per heavy atom. The van der Waals surface area contributed by atoms with Crippen molar-refractivity contribution in [3.63, 3.8) is 0 Å². The highest BCUT2D eigenvalue weighted by molar-refractivity contribution is 9.10. The van der Waals surface area contributed by atoms with Crippen LogP contribution in [0.1, 0.15) is 23.2 Å². The lowest BCUT2D eigenvalue weighted by molar-refractivity contribution is 0.112. The Hall–Kier alpha value is -0.280. The van der Waals surface area contributed by atoms with Gasteiger partial charge >= 0.3 is 0 Å². The van der Waals surface area contributed by atoms with Crippen LogP contribution in [0.15, 0.2) is 27.6 Å². The number of hydrogen-bond donors (Lipinski definition) is 0. The summed E-state index contributed by atoms with van der Waals surface area (Å²) in [6, 6.07) is 5.75. The van der Waals surface area contributed by atoms with Crippen molar-refractivity contribution in [2.75, 3.05) is 0 Å². The highest BCUT2D eigenvalue weighted by atomic mass is 79.9. The van der Waals surface area contributed by atoms with Crippen LogP contribution in [0.4, 0.5) is 0 Å². The summed E-state index contributed by atoms with van der Waals surface area (Å²) in [6.45, 7) is 0. The minimum atomic E-state index is 0.729. The summed E-state index contributed by atoms with van der Waals surface area (Å²) in [6.07, 6.45) is 3.52. The number of carbonyl (C=O) groups excluding carboxylic acids is 1. The second-order valence-electron chi connectivity index (χ2n) is 3.12. The Kier molecular flexibility index (Phi) is 2.74. The maximum atomic E-state index is 10.5. The van der Waals surface area contributed by atoms with Crippen molar-refractivity contribution < 1.29 is 4.79 Å². The normalized spacial score (nSPS) is 15.8. The summed E-state index contributed by atoms with van der Waals surface area (Å²) in [5.74, 6) is 0. The SMILES string of the molecule is O=Cc1ccc(SC2CC2)c(Br)c1. The average Bonchev–Trinajstić information content (AvgIpc) is 2.92. The van der Waals surface area contributed by atoms with Gasteiger partial charge in [-0.25, -0.2) is 0 Å². The minimum Gasteiger partial charge on any atom is -0.298 e. The van der Waals surface area contributed by atoms with Gasteiger partial charge in [0.05, 0.1) is 0 Å². The Balaban J connectivity index is 2.20. The van der Waals surface area contributed by atoms with Gasteiger partial charge in [-0.15, -0.1) is 11.8 Å². The number of benzene rings is 1. The lowest BCUT2D eigenvalue weighted by Gasteiger charge is -2.02. The van der Waals surface area contributed by atoms with E-state index in [0.717, 1.165) is 21.6 Å². The summed E-state index contributed by atoms with van der Waals surface area (Å²) >= 11 is 5.36. The Morgan fingerprint density at radius 1 is 1.46 bits per heavy atom. The molecular weight excluding hydrogens is 248 g/mol. The molecular formula is C10H9BrOS. The van der Waals surface area contributed by atoms with E-state index in [1.54, 1.807) is 0 Å². The zero-order chi connectivity index (χ0) is 9.26. The summed E-state index contributed by atoms with van der Waals surface area (Å²) in [5.41, 5.74) is 0.729. The van der Waals surface area contributed by atoms with Crippen LogP contribution in [0.5, 0.6) is 0 Å². The topological polar surface area (TPSA) is 17.1 Å². The molecule has 1 saturated carbocycles. The first-order valence-electron chi connectivity index (χ1n) is 4.21. The first kappa shape index (κ1) is 9.28. The number of hydrogen-bond acceptors (Lipinski definition) is 2. The molecule has 0 aromatic heterocycles. The van der Waals surface area contributed by atoms with E-state index in [4.69, 9.17) is 0 Å². The Morgan fingerprint density at radius 2 is 2.23 bits per heavy atom. The summed E-state index contributed by atoms with van der Waals surface area (Å²) in [5, 5.41) is 0.804. The van der Waals surface area contributed by atoms with E-state index in [1.165, 1.54) is 17.7 Å². The number of carbonyl (C=O) groups is 1. The van der Waals surface area contributed by atoms with Gasteiger partial charge in [0.1, 0.15) is 6.29 Å². The van der Waals surface area contributed by atoms with E-state index in [1.807, 2.05) is 30.0 Å². The minimum absolute atomic E-state index is 0.729. The monoisotopic (exact) mass is 256 g/mol. The van der Waals surface area contributed by atoms with Crippen LogP contribution >= 0.6 is 27.7 Å². The van der Waals surface area contributed by atoms with Crippen LogP contribution in [0.25, 0.3) is 0 Å². The lowest BCUT2D eigenvalue weighted by Crippen LogP contribution is -1.82. The molecule has 1 aromatic rings. The number of aldehydes is 1. The van der Waals surface area contributed by atoms with E-state index in [9.17, 15) is 4.79 Å². The molecule has 1 fully saturated rings. The van der Waals surface area contributed by atoms with Crippen LogP contribution in [-0.2, 0) is 0 Å². The van der Waals surface area contributed by atoms with Gasteiger partial charge in [0, 0.05) is 20.2 Å². The summed E-state index contributed by atoms with van der Waals surface area (Å²) in [7, 11) is 0. The Bertz CT molecular complexity index is 334. The standard InChI is InChI=1S/C10H9BrOS/c11-9-5-7(6-12)1-4-10(9)13-8-2-3-8/h1,4-6,8H,2-3H2. The van der Waals surface area contributed by atoms with Crippen LogP contribution in [0, 0.1) is 0 Å². The molecule has 0 amide bonds. The molecule has 0 heterocycles. The van der Waals surface area contributed by atoms with Crippen LogP contribution in [0.2, 0.25) is 0 Å². The van der Waals surface area contributed by atoms with Crippen LogP contribution in [-0.4, -0.2) is 11.5 Å². The van der Waals surface area contributed by atoms with Crippen molar-refractivity contribution in [2.24, 2.45) is 0 Å². The number of rotatable bonds is 3. The molecule has 1 aromatic carbocycles. The van der Waals surface area contributed by atoms with Crippen molar-refractivity contribution in [2.45, 2.75) is 23.0 Å².